The molecule has 3 fully saturated rings. The van der Waals surface area contributed by atoms with E-state index in [-0.39, 0.29) is 11.6 Å². The normalized spacial score (nSPS) is 37.8. The number of carbonyl (C=O) groups excluding carboxylic acids is 1. The second-order valence-corrected chi connectivity index (χ2v) is 7.60. The number of likely N-dealkylation sites (N-methyl/N-ethyl adjacent to an activating group) is 1. The summed E-state index contributed by atoms with van der Waals surface area (Å²) >= 11 is 0. The zero-order chi connectivity index (χ0) is 14.3. The number of fused-ring (bicyclic) bond motifs is 1. The minimum Gasteiger partial charge on any atom is -0.338 e. The first-order chi connectivity index (χ1) is 9.47. The Kier molecular flexibility index (Phi) is 3.80. The molecule has 0 bridgehead atoms. The molecule has 2 aliphatic heterocycles. The van der Waals surface area contributed by atoms with Crippen LogP contribution >= 0.6 is 0 Å². The molecule has 3 atom stereocenters. The van der Waals surface area contributed by atoms with Crippen molar-refractivity contribution in [3.05, 3.63) is 0 Å². The summed E-state index contributed by atoms with van der Waals surface area (Å²) in [6.45, 7) is 7.18. The van der Waals surface area contributed by atoms with Crippen molar-refractivity contribution in [2.75, 3.05) is 26.7 Å². The van der Waals surface area contributed by atoms with Crippen LogP contribution in [0.2, 0.25) is 0 Å². The molecule has 3 aliphatic rings. The summed E-state index contributed by atoms with van der Waals surface area (Å²) in [7, 11) is 2.16. The van der Waals surface area contributed by atoms with Crippen LogP contribution in [0, 0.1) is 5.92 Å². The Morgan fingerprint density at radius 2 is 1.95 bits per heavy atom. The van der Waals surface area contributed by atoms with Gasteiger partial charge in [-0.2, -0.15) is 0 Å². The maximum Gasteiger partial charge on any atom is 0.239 e. The van der Waals surface area contributed by atoms with Gasteiger partial charge in [0, 0.05) is 31.2 Å². The minimum atomic E-state index is 0.0855. The van der Waals surface area contributed by atoms with Gasteiger partial charge in [-0.25, -0.2) is 0 Å². The highest BCUT2D eigenvalue weighted by Gasteiger charge is 2.41. The van der Waals surface area contributed by atoms with E-state index in [1.54, 1.807) is 0 Å². The van der Waals surface area contributed by atoms with Gasteiger partial charge < -0.3 is 10.2 Å². The summed E-state index contributed by atoms with van der Waals surface area (Å²) in [5, 5.41) is 3.62. The molecule has 2 heterocycles. The van der Waals surface area contributed by atoms with Crippen LogP contribution in [0.3, 0.4) is 0 Å². The maximum absolute atomic E-state index is 12.8. The first kappa shape index (κ1) is 14.3. The standard InChI is InChI=1S/C16H29N3O/c1-16(2)11-19(9-8-18(16)3)15(20)14-10-12-6-4-5-7-13(12)17-14/h12-14,17H,4-11H2,1-3H3. The summed E-state index contributed by atoms with van der Waals surface area (Å²) < 4.78 is 0. The van der Waals surface area contributed by atoms with E-state index < -0.39 is 0 Å². The van der Waals surface area contributed by atoms with Gasteiger partial charge in [0.25, 0.3) is 0 Å². The van der Waals surface area contributed by atoms with Gasteiger partial charge in [0.2, 0.25) is 5.91 Å². The van der Waals surface area contributed by atoms with Crippen molar-refractivity contribution in [3.63, 3.8) is 0 Å². The van der Waals surface area contributed by atoms with Crippen LogP contribution in [0.25, 0.3) is 0 Å². The molecule has 0 radical (unpaired) electrons. The largest absolute Gasteiger partial charge is 0.338 e. The van der Waals surface area contributed by atoms with E-state index >= 15 is 0 Å². The Labute approximate surface area is 122 Å². The van der Waals surface area contributed by atoms with Crippen molar-refractivity contribution >= 4 is 5.91 Å². The van der Waals surface area contributed by atoms with Gasteiger partial charge in [0.1, 0.15) is 0 Å². The summed E-state index contributed by atoms with van der Waals surface area (Å²) in [5.41, 5.74) is 0.0965. The number of hydrogen-bond donors (Lipinski definition) is 1. The number of piperazine rings is 1. The lowest BCUT2D eigenvalue weighted by molar-refractivity contribution is -0.137. The Hall–Kier alpha value is -0.610. The van der Waals surface area contributed by atoms with Gasteiger partial charge in [-0.05, 0) is 46.1 Å². The Balaban J connectivity index is 1.62. The van der Waals surface area contributed by atoms with E-state index in [0.29, 0.717) is 11.9 Å². The first-order valence-electron chi connectivity index (χ1n) is 8.23. The fraction of sp³-hybridized carbons (Fsp3) is 0.938. The van der Waals surface area contributed by atoms with Crippen molar-refractivity contribution in [2.45, 2.75) is 63.6 Å². The lowest BCUT2D eigenvalue weighted by atomic mass is 9.85. The number of rotatable bonds is 1. The number of nitrogens with one attached hydrogen (secondary N) is 1. The van der Waals surface area contributed by atoms with Crippen LogP contribution in [0.15, 0.2) is 0 Å². The molecular weight excluding hydrogens is 250 g/mol. The van der Waals surface area contributed by atoms with Crippen molar-refractivity contribution in [2.24, 2.45) is 5.92 Å². The van der Waals surface area contributed by atoms with E-state index in [9.17, 15) is 4.79 Å². The molecular formula is C16H29N3O. The number of hydrogen-bond acceptors (Lipinski definition) is 3. The number of amides is 1. The molecule has 0 aromatic rings. The van der Waals surface area contributed by atoms with Crippen LogP contribution in [0.5, 0.6) is 0 Å². The zero-order valence-corrected chi connectivity index (χ0v) is 13.2. The number of nitrogens with zero attached hydrogens (tertiary/aromatic N) is 2. The molecule has 4 heteroatoms. The van der Waals surface area contributed by atoms with Gasteiger partial charge in [0.05, 0.1) is 6.04 Å². The van der Waals surface area contributed by atoms with Gasteiger partial charge in [-0.15, -0.1) is 0 Å². The van der Waals surface area contributed by atoms with Crippen molar-refractivity contribution in [1.29, 1.82) is 0 Å². The molecule has 1 aliphatic carbocycles. The fourth-order valence-electron chi connectivity index (χ4n) is 4.16. The molecule has 1 saturated carbocycles. The Morgan fingerprint density at radius 3 is 2.65 bits per heavy atom. The van der Waals surface area contributed by atoms with Crippen LogP contribution in [0.4, 0.5) is 0 Å². The summed E-state index contributed by atoms with van der Waals surface area (Å²) in [5.74, 6) is 1.10. The molecule has 4 nitrogen and oxygen atoms in total. The van der Waals surface area contributed by atoms with E-state index in [2.05, 4.69) is 36.0 Å². The quantitative estimate of drug-likeness (QED) is 0.789. The van der Waals surface area contributed by atoms with E-state index in [0.717, 1.165) is 32.0 Å². The average molecular weight is 279 g/mol. The molecule has 0 aromatic heterocycles. The highest BCUT2D eigenvalue weighted by molar-refractivity contribution is 5.82. The lowest BCUT2D eigenvalue weighted by Gasteiger charge is -2.45. The lowest BCUT2D eigenvalue weighted by Crippen LogP contribution is -2.61. The predicted molar refractivity (Wildman–Crippen MR) is 80.6 cm³/mol. The van der Waals surface area contributed by atoms with E-state index in [1.807, 2.05) is 0 Å². The highest BCUT2D eigenvalue weighted by Crippen LogP contribution is 2.34. The molecule has 20 heavy (non-hydrogen) atoms. The Morgan fingerprint density at radius 1 is 1.20 bits per heavy atom. The molecule has 1 amide bonds. The van der Waals surface area contributed by atoms with Gasteiger partial charge in [0.15, 0.2) is 0 Å². The van der Waals surface area contributed by atoms with Crippen LogP contribution < -0.4 is 5.32 Å². The van der Waals surface area contributed by atoms with Crippen molar-refractivity contribution in [3.8, 4) is 0 Å². The average Bonchev–Trinajstić information content (AvgIpc) is 2.84. The monoisotopic (exact) mass is 279 g/mol. The van der Waals surface area contributed by atoms with Gasteiger partial charge in [-0.1, -0.05) is 12.8 Å². The van der Waals surface area contributed by atoms with Crippen molar-refractivity contribution < 1.29 is 4.79 Å². The summed E-state index contributed by atoms with van der Waals surface area (Å²) in [4.78, 5) is 17.2. The second-order valence-electron chi connectivity index (χ2n) is 7.60. The molecule has 0 aromatic carbocycles. The minimum absolute atomic E-state index is 0.0855. The summed E-state index contributed by atoms with van der Waals surface area (Å²) in [6.07, 6.45) is 6.33. The van der Waals surface area contributed by atoms with E-state index in [1.165, 1.54) is 25.7 Å². The van der Waals surface area contributed by atoms with Gasteiger partial charge >= 0.3 is 0 Å². The van der Waals surface area contributed by atoms with Crippen molar-refractivity contribution in [1.82, 2.24) is 15.1 Å². The Bertz CT molecular complexity index is 368. The fourth-order valence-corrected chi connectivity index (χ4v) is 4.16. The number of carbonyl (C=O) groups is 1. The second kappa shape index (κ2) is 5.30. The summed E-state index contributed by atoms with van der Waals surface area (Å²) in [6, 6.07) is 0.695. The molecule has 3 rings (SSSR count). The van der Waals surface area contributed by atoms with E-state index in [4.69, 9.17) is 0 Å². The maximum atomic E-state index is 12.8. The molecule has 3 unspecified atom stereocenters. The molecule has 114 valence electrons. The molecule has 0 spiro atoms. The third-order valence-electron chi connectivity index (χ3n) is 5.79. The van der Waals surface area contributed by atoms with Crippen LogP contribution in [-0.2, 0) is 4.79 Å². The molecule has 2 saturated heterocycles. The zero-order valence-electron chi connectivity index (χ0n) is 13.2. The highest BCUT2D eigenvalue weighted by atomic mass is 16.2. The third-order valence-corrected chi connectivity index (χ3v) is 5.79. The first-order valence-corrected chi connectivity index (χ1v) is 8.23. The van der Waals surface area contributed by atoms with Crippen LogP contribution in [0.1, 0.15) is 46.0 Å². The predicted octanol–water partition coefficient (Wildman–Crippen LogP) is 1.46. The van der Waals surface area contributed by atoms with Crippen LogP contribution in [-0.4, -0.2) is 60.0 Å². The SMILES string of the molecule is CN1CCN(C(=O)C2CC3CCCCC3N2)CC1(C)C. The van der Waals surface area contributed by atoms with Gasteiger partial charge in [-0.3, -0.25) is 9.69 Å². The third kappa shape index (κ3) is 2.60. The molecule has 1 N–H and O–H groups in total. The topological polar surface area (TPSA) is 35.6 Å². The smallest absolute Gasteiger partial charge is 0.239 e.